The zero-order valence-electron chi connectivity index (χ0n) is 18.8. The number of carboxylic acid groups (broad SMARTS) is 1. The summed E-state index contributed by atoms with van der Waals surface area (Å²) in [5, 5.41) is 23.5. The van der Waals surface area contributed by atoms with E-state index in [0.717, 1.165) is 27.1 Å². The molecule has 2 heterocycles. The Bertz CT molecular complexity index is 1220. The number of carbonyl (C=O) groups is 1. The average Bonchev–Trinajstić information content (AvgIpc) is 3.51. The van der Waals surface area contributed by atoms with Crippen molar-refractivity contribution in [2.45, 2.75) is 25.6 Å². The topological polar surface area (TPSA) is 106 Å². The van der Waals surface area contributed by atoms with Crippen LogP contribution in [0.2, 0.25) is 0 Å². The third-order valence-electron chi connectivity index (χ3n) is 5.32. The van der Waals surface area contributed by atoms with Gasteiger partial charge in [0, 0.05) is 42.5 Å². The lowest BCUT2D eigenvalue weighted by atomic mass is 10.1. The largest absolute Gasteiger partial charge is 0.490 e. The molecule has 9 heteroatoms. The minimum absolute atomic E-state index is 0.0818. The summed E-state index contributed by atoms with van der Waals surface area (Å²) >= 11 is 1.40. The van der Waals surface area contributed by atoms with Gasteiger partial charge in [-0.05, 0) is 54.9 Å². The molecule has 4 aromatic rings. The molecule has 1 unspecified atom stereocenters. The molecule has 4 rings (SSSR count). The van der Waals surface area contributed by atoms with Crippen LogP contribution in [0.15, 0.2) is 67.0 Å². The summed E-state index contributed by atoms with van der Waals surface area (Å²) < 4.78 is 17.5. The molecule has 0 amide bonds. The fourth-order valence-electron chi connectivity index (χ4n) is 3.71. The number of carboxylic acids is 1. The van der Waals surface area contributed by atoms with Gasteiger partial charge in [0.15, 0.2) is 6.61 Å². The SMILES string of the molecule is C[C@H](Cn1ccc2c(OCC(=O)O)cccc21)NCC(O)COc1ccccc1-c1ccns1. The van der Waals surface area contributed by atoms with Crippen molar-refractivity contribution in [3.05, 3.63) is 67.0 Å². The molecule has 2 aromatic carbocycles. The molecule has 0 saturated carbocycles. The van der Waals surface area contributed by atoms with Crippen molar-refractivity contribution >= 4 is 28.4 Å². The quantitative estimate of drug-likeness (QED) is 0.284. The molecule has 0 radical (unpaired) electrons. The number of ether oxygens (including phenoxy) is 2. The lowest BCUT2D eigenvalue weighted by molar-refractivity contribution is -0.139. The highest BCUT2D eigenvalue weighted by atomic mass is 32.1. The Morgan fingerprint density at radius 1 is 1.12 bits per heavy atom. The summed E-state index contributed by atoms with van der Waals surface area (Å²) in [7, 11) is 0. The Labute approximate surface area is 201 Å². The molecule has 0 aliphatic carbocycles. The summed E-state index contributed by atoms with van der Waals surface area (Å²) in [4.78, 5) is 11.8. The molecular weight excluding hydrogens is 454 g/mol. The van der Waals surface area contributed by atoms with Crippen molar-refractivity contribution in [2.24, 2.45) is 0 Å². The van der Waals surface area contributed by atoms with E-state index in [1.165, 1.54) is 11.5 Å². The second kappa shape index (κ2) is 11.1. The van der Waals surface area contributed by atoms with Gasteiger partial charge >= 0.3 is 5.97 Å². The maximum Gasteiger partial charge on any atom is 0.341 e. The van der Waals surface area contributed by atoms with Gasteiger partial charge in [-0.25, -0.2) is 9.17 Å². The molecule has 0 aliphatic rings. The number of benzene rings is 2. The van der Waals surface area contributed by atoms with Crippen LogP contribution in [0.5, 0.6) is 11.5 Å². The number of hydrogen-bond donors (Lipinski definition) is 3. The van der Waals surface area contributed by atoms with Crippen molar-refractivity contribution < 1.29 is 24.5 Å². The van der Waals surface area contributed by atoms with Gasteiger partial charge in [-0.2, -0.15) is 0 Å². The highest BCUT2D eigenvalue weighted by Crippen LogP contribution is 2.32. The van der Waals surface area contributed by atoms with E-state index in [1.807, 2.05) is 61.7 Å². The van der Waals surface area contributed by atoms with E-state index in [9.17, 15) is 9.90 Å². The van der Waals surface area contributed by atoms with Crippen LogP contribution in [-0.2, 0) is 11.3 Å². The first kappa shape index (κ1) is 23.7. The third kappa shape index (κ3) is 5.93. The van der Waals surface area contributed by atoms with E-state index in [2.05, 4.69) is 14.3 Å². The van der Waals surface area contributed by atoms with Gasteiger partial charge in [-0.3, -0.25) is 0 Å². The molecule has 8 nitrogen and oxygen atoms in total. The Morgan fingerprint density at radius 2 is 1.94 bits per heavy atom. The normalized spacial score (nSPS) is 13.0. The summed E-state index contributed by atoms with van der Waals surface area (Å²) in [5.41, 5.74) is 1.92. The highest BCUT2D eigenvalue weighted by molar-refractivity contribution is 7.09. The van der Waals surface area contributed by atoms with Gasteiger partial charge in [0.25, 0.3) is 0 Å². The first-order chi connectivity index (χ1) is 16.5. The number of hydrogen-bond acceptors (Lipinski definition) is 7. The van der Waals surface area contributed by atoms with Gasteiger partial charge in [-0.1, -0.05) is 18.2 Å². The van der Waals surface area contributed by atoms with Crippen molar-refractivity contribution in [3.63, 3.8) is 0 Å². The van der Waals surface area contributed by atoms with Crippen LogP contribution in [0.1, 0.15) is 6.92 Å². The van der Waals surface area contributed by atoms with Crippen LogP contribution < -0.4 is 14.8 Å². The first-order valence-electron chi connectivity index (χ1n) is 11.0. The molecule has 0 saturated heterocycles. The zero-order valence-corrected chi connectivity index (χ0v) is 19.6. The van der Waals surface area contributed by atoms with E-state index in [4.69, 9.17) is 14.6 Å². The van der Waals surface area contributed by atoms with Crippen LogP contribution >= 0.6 is 11.5 Å². The Balaban J connectivity index is 1.29. The number of aliphatic carboxylic acids is 1. The van der Waals surface area contributed by atoms with Crippen LogP contribution in [-0.4, -0.2) is 57.0 Å². The fraction of sp³-hybridized carbons (Fsp3) is 0.280. The van der Waals surface area contributed by atoms with Crippen LogP contribution in [0, 0.1) is 0 Å². The van der Waals surface area contributed by atoms with Crippen LogP contribution in [0.25, 0.3) is 21.3 Å². The number of aliphatic hydroxyl groups is 1. The summed E-state index contributed by atoms with van der Waals surface area (Å²) in [6, 6.07) is 17.3. The molecule has 2 aromatic heterocycles. The third-order valence-corrected chi connectivity index (χ3v) is 6.10. The molecule has 2 atom stereocenters. The Hall–Kier alpha value is -3.40. The maximum absolute atomic E-state index is 10.8. The average molecular weight is 482 g/mol. The molecular formula is C25H27N3O5S. The monoisotopic (exact) mass is 481 g/mol. The van der Waals surface area contributed by atoms with Gasteiger partial charge in [0.1, 0.15) is 24.2 Å². The number of nitrogens with one attached hydrogen (secondary N) is 1. The van der Waals surface area contributed by atoms with Crippen molar-refractivity contribution in [2.75, 3.05) is 19.8 Å². The van der Waals surface area contributed by atoms with Crippen LogP contribution in [0.3, 0.4) is 0 Å². The minimum atomic E-state index is -1.01. The predicted molar refractivity (Wildman–Crippen MR) is 132 cm³/mol. The number of nitrogens with zero attached hydrogens (tertiary/aromatic N) is 2. The second-order valence-electron chi connectivity index (χ2n) is 7.99. The molecule has 0 bridgehead atoms. The van der Waals surface area contributed by atoms with Gasteiger partial charge < -0.3 is 29.6 Å². The molecule has 0 fully saturated rings. The number of rotatable bonds is 12. The Morgan fingerprint density at radius 3 is 2.74 bits per heavy atom. The van der Waals surface area contributed by atoms with Crippen LogP contribution in [0.4, 0.5) is 0 Å². The highest BCUT2D eigenvalue weighted by Gasteiger charge is 2.13. The van der Waals surface area contributed by atoms with E-state index >= 15 is 0 Å². The lowest BCUT2D eigenvalue weighted by Crippen LogP contribution is -2.38. The summed E-state index contributed by atoms with van der Waals surface area (Å²) in [6.07, 6.45) is 3.04. The van der Waals surface area contributed by atoms with Crippen molar-refractivity contribution in [3.8, 4) is 21.9 Å². The van der Waals surface area contributed by atoms with Crippen molar-refractivity contribution in [1.29, 1.82) is 0 Å². The van der Waals surface area contributed by atoms with E-state index < -0.39 is 12.1 Å². The van der Waals surface area contributed by atoms with Gasteiger partial charge in [-0.15, -0.1) is 0 Å². The summed E-state index contributed by atoms with van der Waals surface area (Å²) in [5.74, 6) is 0.257. The molecule has 3 N–H and O–H groups in total. The lowest BCUT2D eigenvalue weighted by Gasteiger charge is -2.19. The van der Waals surface area contributed by atoms with E-state index in [0.29, 0.717) is 18.8 Å². The molecule has 0 aliphatic heterocycles. The number of aromatic nitrogens is 2. The number of fused-ring (bicyclic) bond motifs is 1. The minimum Gasteiger partial charge on any atom is -0.490 e. The van der Waals surface area contributed by atoms with E-state index in [1.54, 1.807) is 12.3 Å². The molecule has 178 valence electrons. The molecule has 34 heavy (non-hydrogen) atoms. The number of aliphatic hydroxyl groups excluding tert-OH is 1. The number of para-hydroxylation sites is 1. The van der Waals surface area contributed by atoms with Gasteiger partial charge in [0.05, 0.1) is 10.4 Å². The molecule has 0 spiro atoms. The Kier molecular flexibility index (Phi) is 7.79. The maximum atomic E-state index is 10.8. The second-order valence-corrected chi connectivity index (χ2v) is 8.82. The smallest absolute Gasteiger partial charge is 0.341 e. The zero-order chi connectivity index (χ0) is 23.9. The first-order valence-corrected chi connectivity index (χ1v) is 11.8. The standard InChI is InChI=1S/C25H27N3O5S/c1-17(14-28-12-10-19-21(28)6-4-8-22(19)33-16-25(30)31)26-13-18(29)15-32-23-7-3-2-5-20(23)24-9-11-27-34-24/h2-12,17-18,26,29H,13-16H2,1H3,(H,30,31)/t17-,18?/m1/s1. The van der Waals surface area contributed by atoms with Crippen molar-refractivity contribution in [1.82, 2.24) is 14.3 Å². The van der Waals surface area contributed by atoms with Gasteiger partial charge in [0.2, 0.25) is 0 Å². The predicted octanol–water partition coefficient (Wildman–Crippen LogP) is 3.65. The fourth-order valence-corrected chi connectivity index (χ4v) is 4.34. The summed E-state index contributed by atoms with van der Waals surface area (Å²) in [6.45, 7) is 2.90. The van der Waals surface area contributed by atoms with E-state index in [-0.39, 0.29) is 19.3 Å².